The SMILES string of the molecule is O=C(O)c1nc(-c2cnccn2)ncc1Br. The molecule has 1 N–H and O–H groups in total. The number of carboxylic acids is 1. The van der Waals surface area contributed by atoms with Gasteiger partial charge in [-0.15, -0.1) is 0 Å². The van der Waals surface area contributed by atoms with E-state index in [1.807, 2.05) is 0 Å². The predicted octanol–water partition coefficient (Wildman–Crippen LogP) is 1.39. The van der Waals surface area contributed by atoms with Crippen LogP contribution in [-0.2, 0) is 0 Å². The van der Waals surface area contributed by atoms with E-state index in [0.29, 0.717) is 10.2 Å². The lowest BCUT2D eigenvalue weighted by molar-refractivity contribution is 0.0689. The third kappa shape index (κ3) is 2.03. The molecule has 16 heavy (non-hydrogen) atoms. The van der Waals surface area contributed by atoms with E-state index in [9.17, 15) is 4.79 Å². The van der Waals surface area contributed by atoms with Gasteiger partial charge in [-0.3, -0.25) is 4.98 Å². The fourth-order valence-electron chi connectivity index (χ4n) is 1.06. The van der Waals surface area contributed by atoms with Gasteiger partial charge in [0.05, 0.1) is 10.7 Å². The van der Waals surface area contributed by atoms with Gasteiger partial charge in [0.1, 0.15) is 5.69 Å². The van der Waals surface area contributed by atoms with E-state index >= 15 is 0 Å². The van der Waals surface area contributed by atoms with E-state index in [1.165, 1.54) is 24.8 Å². The summed E-state index contributed by atoms with van der Waals surface area (Å²) in [5.41, 5.74) is 0.327. The molecule has 0 aliphatic carbocycles. The quantitative estimate of drug-likeness (QED) is 0.894. The fraction of sp³-hybridized carbons (Fsp3) is 0. The van der Waals surface area contributed by atoms with Crippen LogP contribution in [0.5, 0.6) is 0 Å². The van der Waals surface area contributed by atoms with Gasteiger partial charge < -0.3 is 5.11 Å². The summed E-state index contributed by atoms with van der Waals surface area (Å²) in [4.78, 5) is 26.5. The minimum Gasteiger partial charge on any atom is -0.476 e. The van der Waals surface area contributed by atoms with Gasteiger partial charge in [0.15, 0.2) is 11.5 Å². The van der Waals surface area contributed by atoms with Gasteiger partial charge in [0, 0.05) is 18.6 Å². The van der Waals surface area contributed by atoms with Crippen molar-refractivity contribution in [3.63, 3.8) is 0 Å². The number of carboxylic acid groups (broad SMARTS) is 1. The Hall–Kier alpha value is -1.89. The molecule has 2 aromatic rings. The second-order valence-electron chi connectivity index (χ2n) is 2.79. The Morgan fingerprint density at radius 1 is 1.25 bits per heavy atom. The van der Waals surface area contributed by atoms with Crippen LogP contribution in [0.2, 0.25) is 0 Å². The highest BCUT2D eigenvalue weighted by Crippen LogP contribution is 2.17. The van der Waals surface area contributed by atoms with Crippen molar-refractivity contribution in [2.45, 2.75) is 0 Å². The number of nitrogens with zero attached hydrogens (tertiary/aromatic N) is 4. The molecule has 0 radical (unpaired) electrons. The van der Waals surface area contributed by atoms with Crippen LogP contribution in [0.25, 0.3) is 11.5 Å². The largest absolute Gasteiger partial charge is 0.476 e. The van der Waals surface area contributed by atoms with Crippen molar-refractivity contribution in [1.29, 1.82) is 0 Å². The van der Waals surface area contributed by atoms with Crippen LogP contribution < -0.4 is 0 Å². The minimum absolute atomic E-state index is 0.101. The zero-order chi connectivity index (χ0) is 11.5. The second kappa shape index (κ2) is 4.31. The van der Waals surface area contributed by atoms with Crippen molar-refractivity contribution in [2.75, 3.05) is 0 Å². The molecule has 2 heterocycles. The van der Waals surface area contributed by atoms with Gasteiger partial charge in [-0.2, -0.15) is 0 Å². The van der Waals surface area contributed by atoms with E-state index in [-0.39, 0.29) is 11.5 Å². The van der Waals surface area contributed by atoms with Gasteiger partial charge in [0.25, 0.3) is 0 Å². The molecule has 0 saturated carbocycles. The van der Waals surface area contributed by atoms with E-state index in [4.69, 9.17) is 5.11 Å². The van der Waals surface area contributed by atoms with Crippen LogP contribution in [0, 0.1) is 0 Å². The van der Waals surface area contributed by atoms with Crippen molar-refractivity contribution >= 4 is 21.9 Å². The molecule has 0 aliphatic rings. The average Bonchev–Trinajstić information content (AvgIpc) is 2.30. The Balaban J connectivity index is 2.52. The van der Waals surface area contributed by atoms with Gasteiger partial charge in [-0.25, -0.2) is 19.7 Å². The number of aromatic carboxylic acids is 1. The lowest BCUT2D eigenvalue weighted by Crippen LogP contribution is -2.04. The molecule has 0 saturated heterocycles. The van der Waals surface area contributed by atoms with Crippen LogP contribution in [0.4, 0.5) is 0 Å². The number of aromatic nitrogens is 4. The molecule has 0 spiro atoms. The summed E-state index contributed by atoms with van der Waals surface area (Å²) in [6.07, 6.45) is 5.84. The molecule has 2 rings (SSSR count). The normalized spacial score (nSPS) is 10.1. The number of hydrogen-bond donors (Lipinski definition) is 1. The number of halogens is 1. The summed E-state index contributed by atoms with van der Waals surface area (Å²) in [5, 5.41) is 8.88. The fourth-order valence-corrected chi connectivity index (χ4v) is 1.42. The highest BCUT2D eigenvalue weighted by Gasteiger charge is 2.13. The van der Waals surface area contributed by atoms with Crippen LogP contribution in [-0.4, -0.2) is 31.0 Å². The van der Waals surface area contributed by atoms with Crippen molar-refractivity contribution < 1.29 is 9.90 Å². The first-order valence-electron chi connectivity index (χ1n) is 4.20. The van der Waals surface area contributed by atoms with Crippen LogP contribution >= 0.6 is 15.9 Å². The Morgan fingerprint density at radius 3 is 2.69 bits per heavy atom. The summed E-state index contributed by atoms with van der Waals surface area (Å²) >= 11 is 3.06. The molecule has 0 amide bonds. The highest BCUT2D eigenvalue weighted by atomic mass is 79.9. The van der Waals surface area contributed by atoms with Gasteiger partial charge >= 0.3 is 5.97 Å². The molecule has 0 fully saturated rings. The Bertz CT molecular complexity index is 532. The number of carbonyl (C=O) groups is 1. The predicted molar refractivity (Wildman–Crippen MR) is 57.7 cm³/mol. The maximum absolute atomic E-state index is 10.8. The van der Waals surface area contributed by atoms with Crippen LogP contribution in [0.3, 0.4) is 0 Å². The molecule has 7 heteroatoms. The molecule has 0 unspecified atom stereocenters. The lowest BCUT2D eigenvalue weighted by atomic mass is 10.3. The minimum atomic E-state index is -1.13. The number of hydrogen-bond acceptors (Lipinski definition) is 5. The third-order valence-corrected chi connectivity index (χ3v) is 2.32. The maximum Gasteiger partial charge on any atom is 0.355 e. The smallest absolute Gasteiger partial charge is 0.355 e. The average molecular weight is 281 g/mol. The summed E-state index contributed by atoms with van der Waals surface area (Å²) in [5.74, 6) is -0.895. The molecular formula is C9H5BrN4O2. The van der Waals surface area contributed by atoms with E-state index in [2.05, 4.69) is 35.9 Å². The zero-order valence-electron chi connectivity index (χ0n) is 7.83. The molecule has 0 aromatic carbocycles. The third-order valence-electron chi connectivity index (χ3n) is 1.74. The molecular weight excluding hydrogens is 276 g/mol. The monoisotopic (exact) mass is 280 g/mol. The Kier molecular flexibility index (Phi) is 2.86. The molecule has 2 aromatic heterocycles. The van der Waals surface area contributed by atoms with E-state index < -0.39 is 5.97 Å². The second-order valence-corrected chi connectivity index (χ2v) is 3.64. The van der Waals surface area contributed by atoms with E-state index in [1.54, 1.807) is 0 Å². The first-order chi connectivity index (χ1) is 7.68. The topological polar surface area (TPSA) is 88.9 Å². The summed E-state index contributed by atoms with van der Waals surface area (Å²) < 4.78 is 0.327. The Labute approximate surface area is 98.6 Å². The van der Waals surface area contributed by atoms with Crippen molar-refractivity contribution in [3.05, 3.63) is 35.0 Å². The summed E-state index contributed by atoms with van der Waals surface area (Å²) in [6, 6.07) is 0. The molecule has 80 valence electrons. The van der Waals surface area contributed by atoms with E-state index in [0.717, 1.165) is 0 Å². The van der Waals surface area contributed by atoms with Crippen molar-refractivity contribution in [1.82, 2.24) is 19.9 Å². The highest BCUT2D eigenvalue weighted by molar-refractivity contribution is 9.10. The Morgan fingerprint density at radius 2 is 2.06 bits per heavy atom. The molecule has 0 bridgehead atoms. The lowest BCUT2D eigenvalue weighted by Gasteiger charge is -2.01. The van der Waals surface area contributed by atoms with Crippen molar-refractivity contribution in [3.8, 4) is 11.5 Å². The zero-order valence-corrected chi connectivity index (χ0v) is 9.42. The van der Waals surface area contributed by atoms with Gasteiger partial charge in [-0.1, -0.05) is 0 Å². The van der Waals surface area contributed by atoms with Crippen molar-refractivity contribution in [2.24, 2.45) is 0 Å². The first kappa shape index (κ1) is 10.6. The first-order valence-corrected chi connectivity index (χ1v) is 5.00. The summed E-state index contributed by atoms with van der Waals surface area (Å²) in [7, 11) is 0. The molecule has 0 aliphatic heterocycles. The standard InChI is InChI=1S/C9H5BrN4O2/c10-5-3-13-8(14-7(5)9(15)16)6-4-11-1-2-12-6/h1-4H,(H,15,16). The number of rotatable bonds is 2. The van der Waals surface area contributed by atoms with Crippen LogP contribution in [0.1, 0.15) is 10.5 Å². The van der Waals surface area contributed by atoms with Gasteiger partial charge in [-0.05, 0) is 15.9 Å². The maximum atomic E-state index is 10.8. The summed E-state index contributed by atoms with van der Waals surface area (Å²) in [6.45, 7) is 0. The molecule has 0 atom stereocenters. The van der Waals surface area contributed by atoms with Gasteiger partial charge in [0.2, 0.25) is 0 Å². The molecule has 6 nitrogen and oxygen atoms in total. The van der Waals surface area contributed by atoms with Crippen LogP contribution in [0.15, 0.2) is 29.3 Å².